The molecule has 0 unspecified atom stereocenters. The molecule has 0 aliphatic rings. The molecule has 2 nitrogen and oxygen atoms in total. The highest BCUT2D eigenvalue weighted by Crippen LogP contribution is 2.27. The molecule has 0 radical (unpaired) electrons. The van der Waals surface area contributed by atoms with E-state index in [1.807, 2.05) is 20.8 Å². The van der Waals surface area contributed by atoms with E-state index in [2.05, 4.69) is 6.58 Å². The molecule has 0 spiro atoms. The zero-order valence-electron chi connectivity index (χ0n) is 12.0. The molecule has 0 N–H and O–H groups in total. The van der Waals surface area contributed by atoms with Gasteiger partial charge in [0.05, 0.1) is 0 Å². The van der Waals surface area contributed by atoms with E-state index in [1.165, 1.54) is 6.08 Å². The van der Waals surface area contributed by atoms with Crippen LogP contribution < -0.4 is 0 Å². The maximum absolute atomic E-state index is 12.8. The third kappa shape index (κ3) is 5.39. The topological polar surface area (TPSA) is 34.1 Å². The molecule has 0 aromatic carbocycles. The molecule has 0 aromatic heterocycles. The molecular weight excluding hydrogens is 231 g/mol. The van der Waals surface area contributed by atoms with Crippen molar-refractivity contribution in [2.24, 2.45) is 10.8 Å². The van der Waals surface area contributed by atoms with Crippen LogP contribution in [0.1, 0.15) is 47.5 Å². The van der Waals surface area contributed by atoms with Gasteiger partial charge in [-0.05, 0) is 18.9 Å². The van der Waals surface area contributed by atoms with Gasteiger partial charge in [0.15, 0.2) is 17.4 Å². The maximum Gasteiger partial charge on any atom is 0.196 e. The first-order valence-electron chi connectivity index (χ1n) is 6.08. The minimum Gasteiger partial charge on any atom is -0.294 e. The van der Waals surface area contributed by atoms with Gasteiger partial charge in [-0.3, -0.25) is 9.59 Å². The summed E-state index contributed by atoms with van der Waals surface area (Å²) < 4.78 is 12.8. The molecular formula is C15H23FO2. The van der Waals surface area contributed by atoms with Gasteiger partial charge in [-0.2, -0.15) is 0 Å². The van der Waals surface area contributed by atoms with Crippen molar-refractivity contribution in [2.75, 3.05) is 0 Å². The van der Waals surface area contributed by atoms with E-state index in [-0.39, 0.29) is 5.78 Å². The fourth-order valence-electron chi connectivity index (χ4n) is 1.37. The van der Waals surface area contributed by atoms with E-state index in [1.54, 1.807) is 19.9 Å². The van der Waals surface area contributed by atoms with Gasteiger partial charge < -0.3 is 0 Å². The molecule has 3 heteroatoms. The van der Waals surface area contributed by atoms with Crippen LogP contribution in [0.15, 0.2) is 24.6 Å². The molecule has 0 saturated heterocycles. The van der Waals surface area contributed by atoms with Crippen molar-refractivity contribution in [3.05, 3.63) is 24.6 Å². The second-order valence-corrected chi connectivity index (χ2v) is 6.17. The van der Waals surface area contributed by atoms with Crippen molar-refractivity contribution in [2.45, 2.75) is 47.5 Å². The zero-order chi connectivity index (χ0) is 14.6. The van der Waals surface area contributed by atoms with Crippen LogP contribution in [0.4, 0.5) is 4.39 Å². The van der Waals surface area contributed by atoms with Crippen LogP contribution in [0.2, 0.25) is 0 Å². The van der Waals surface area contributed by atoms with Crippen LogP contribution in [0.3, 0.4) is 0 Å². The summed E-state index contributed by atoms with van der Waals surface area (Å²) in [5, 5.41) is 0. The lowest BCUT2D eigenvalue weighted by Gasteiger charge is -2.20. The van der Waals surface area contributed by atoms with Crippen LogP contribution in [0.25, 0.3) is 0 Å². The number of ketones is 2. The summed E-state index contributed by atoms with van der Waals surface area (Å²) in [6.45, 7) is 11.9. The summed E-state index contributed by atoms with van der Waals surface area (Å²) in [4.78, 5) is 23.1. The van der Waals surface area contributed by atoms with Crippen LogP contribution in [0, 0.1) is 10.8 Å². The highest BCUT2D eigenvalue weighted by molar-refractivity contribution is 5.97. The Kier molecular flexibility index (Phi) is 5.65. The first-order chi connectivity index (χ1) is 7.98. The molecule has 0 aliphatic heterocycles. The minimum atomic E-state index is -0.908. The molecule has 0 heterocycles. The summed E-state index contributed by atoms with van der Waals surface area (Å²) in [7, 11) is 0. The minimum absolute atomic E-state index is 0.0431. The summed E-state index contributed by atoms with van der Waals surface area (Å²) in [6, 6.07) is 0. The number of hydrogen-bond acceptors (Lipinski definition) is 2. The number of hydrogen-bond donors (Lipinski definition) is 0. The standard InChI is InChI=1S/C15H23FO2/c1-11(16)13(18)15(5,6)10-8-7-9-12(17)14(2,3)4/h7,9H,1,8,10H2,2-6H3/b9-7+. The summed E-state index contributed by atoms with van der Waals surface area (Å²) in [5.41, 5.74) is -1.17. The molecule has 0 saturated carbocycles. The van der Waals surface area contributed by atoms with Gasteiger partial charge >= 0.3 is 0 Å². The average molecular weight is 254 g/mol. The van der Waals surface area contributed by atoms with E-state index >= 15 is 0 Å². The van der Waals surface area contributed by atoms with Gasteiger partial charge in [-0.1, -0.05) is 47.3 Å². The van der Waals surface area contributed by atoms with E-state index in [0.29, 0.717) is 12.8 Å². The molecule has 0 rings (SSSR count). The molecule has 0 fully saturated rings. The Morgan fingerprint density at radius 2 is 1.67 bits per heavy atom. The third-order valence-corrected chi connectivity index (χ3v) is 2.81. The van der Waals surface area contributed by atoms with Gasteiger partial charge in [0.2, 0.25) is 0 Å². The Balaban J connectivity index is 4.36. The van der Waals surface area contributed by atoms with Crippen LogP contribution in [0.5, 0.6) is 0 Å². The second kappa shape index (κ2) is 6.07. The molecule has 18 heavy (non-hydrogen) atoms. The molecule has 0 atom stereocenters. The van der Waals surface area contributed by atoms with Gasteiger partial charge in [0, 0.05) is 10.8 Å². The smallest absolute Gasteiger partial charge is 0.196 e. The lowest BCUT2D eigenvalue weighted by atomic mass is 9.82. The number of carbonyl (C=O) groups is 2. The number of Topliss-reactive ketones (excluding diaryl/α,β-unsaturated/α-hetero) is 1. The van der Waals surface area contributed by atoms with Gasteiger partial charge in [0.25, 0.3) is 0 Å². The second-order valence-electron chi connectivity index (χ2n) is 6.17. The maximum atomic E-state index is 12.8. The summed E-state index contributed by atoms with van der Waals surface area (Å²) in [5.74, 6) is -1.44. The van der Waals surface area contributed by atoms with E-state index < -0.39 is 22.4 Å². The monoisotopic (exact) mass is 254 g/mol. The van der Waals surface area contributed by atoms with Crippen molar-refractivity contribution >= 4 is 11.6 Å². The van der Waals surface area contributed by atoms with Gasteiger partial charge in [-0.15, -0.1) is 0 Å². The fraction of sp³-hybridized carbons (Fsp3) is 0.600. The van der Waals surface area contributed by atoms with E-state index in [4.69, 9.17) is 0 Å². The van der Waals surface area contributed by atoms with Crippen LogP contribution in [-0.4, -0.2) is 11.6 Å². The number of carbonyl (C=O) groups excluding carboxylic acids is 2. The molecule has 0 amide bonds. The first-order valence-corrected chi connectivity index (χ1v) is 6.08. The zero-order valence-corrected chi connectivity index (χ0v) is 12.0. The lowest BCUT2D eigenvalue weighted by Crippen LogP contribution is -2.24. The van der Waals surface area contributed by atoms with Crippen molar-refractivity contribution in [1.29, 1.82) is 0 Å². The SMILES string of the molecule is C=C(F)C(=O)C(C)(C)CC/C=C/C(=O)C(C)(C)C. The van der Waals surface area contributed by atoms with E-state index in [0.717, 1.165) is 0 Å². The third-order valence-electron chi connectivity index (χ3n) is 2.81. The summed E-state index contributed by atoms with van der Waals surface area (Å²) >= 11 is 0. The predicted molar refractivity (Wildman–Crippen MR) is 71.9 cm³/mol. The number of halogens is 1. The van der Waals surface area contributed by atoms with Gasteiger partial charge in [-0.25, -0.2) is 4.39 Å². The Morgan fingerprint density at radius 3 is 2.06 bits per heavy atom. The Labute approximate surface area is 109 Å². The largest absolute Gasteiger partial charge is 0.294 e. The number of allylic oxidation sites excluding steroid dienone is 3. The van der Waals surface area contributed by atoms with Crippen molar-refractivity contribution in [1.82, 2.24) is 0 Å². The Morgan fingerprint density at radius 1 is 1.17 bits per heavy atom. The highest BCUT2D eigenvalue weighted by atomic mass is 19.1. The number of rotatable bonds is 6. The predicted octanol–water partition coefficient (Wildman–Crippen LogP) is 4.02. The van der Waals surface area contributed by atoms with Gasteiger partial charge in [0.1, 0.15) is 0 Å². The molecule has 102 valence electrons. The van der Waals surface area contributed by atoms with Crippen molar-refractivity contribution < 1.29 is 14.0 Å². The summed E-state index contributed by atoms with van der Waals surface area (Å²) in [6.07, 6.45) is 4.32. The Hall–Kier alpha value is -1.25. The molecule has 0 bridgehead atoms. The highest BCUT2D eigenvalue weighted by Gasteiger charge is 2.28. The van der Waals surface area contributed by atoms with Crippen molar-refractivity contribution in [3.63, 3.8) is 0 Å². The Bertz CT molecular complexity index is 370. The quantitative estimate of drug-likeness (QED) is 0.671. The lowest BCUT2D eigenvalue weighted by molar-refractivity contribution is -0.125. The van der Waals surface area contributed by atoms with Crippen LogP contribution in [-0.2, 0) is 9.59 Å². The van der Waals surface area contributed by atoms with Crippen molar-refractivity contribution in [3.8, 4) is 0 Å². The average Bonchev–Trinajstić information content (AvgIpc) is 2.21. The normalized spacial score (nSPS) is 12.8. The van der Waals surface area contributed by atoms with E-state index in [9.17, 15) is 14.0 Å². The molecule has 0 aromatic rings. The fourth-order valence-corrected chi connectivity index (χ4v) is 1.37. The molecule has 0 aliphatic carbocycles. The first kappa shape index (κ1) is 16.8. The van der Waals surface area contributed by atoms with Crippen LogP contribution >= 0.6 is 0 Å².